The van der Waals surface area contributed by atoms with Gasteiger partial charge in [-0.05, 0) is 57.2 Å². The van der Waals surface area contributed by atoms with Crippen molar-refractivity contribution in [3.8, 4) is 0 Å². The third kappa shape index (κ3) is 4.49. The first-order chi connectivity index (χ1) is 9.76. The van der Waals surface area contributed by atoms with Crippen LogP contribution < -0.4 is 10.0 Å². The standard InChI is InChI=1S/C16H20N2O2S/c1-16(2,3)17-13-9-11-14(12-10-13)18-21(19,20)15-7-5-4-6-8-15/h4-12,17-18H,1-3H3. The molecule has 0 unspecified atom stereocenters. The molecule has 0 saturated heterocycles. The van der Waals surface area contributed by atoms with Crippen molar-refractivity contribution in [2.24, 2.45) is 0 Å². The summed E-state index contributed by atoms with van der Waals surface area (Å²) in [4.78, 5) is 0.252. The Balaban J connectivity index is 2.14. The van der Waals surface area contributed by atoms with Crippen molar-refractivity contribution in [3.63, 3.8) is 0 Å². The van der Waals surface area contributed by atoms with Crippen molar-refractivity contribution in [2.75, 3.05) is 10.0 Å². The van der Waals surface area contributed by atoms with Crippen LogP contribution >= 0.6 is 0 Å². The Kier molecular flexibility index (Phi) is 4.23. The van der Waals surface area contributed by atoms with Gasteiger partial charge in [-0.25, -0.2) is 8.42 Å². The van der Waals surface area contributed by atoms with E-state index < -0.39 is 10.0 Å². The highest BCUT2D eigenvalue weighted by Crippen LogP contribution is 2.20. The summed E-state index contributed by atoms with van der Waals surface area (Å²) in [5.41, 5.74) is 1.45. The summed E-state index contributed by atoms with van der Waals surface area (Å²) in [6.45, 7) is 6.21. The van der Waals surface area contributed by atoms with Gasteiger partial charge in [-0.1, -0.05) is 18.2 Å². The lowest BCUT2D eigenvalue weighted by molar-refractivity contribution is 0.601. The van der Waals surface area contributed by atoms with Crippen LogP contribution in [0.1, 0.15) is 20.8 Å². The highest BCUT2D eigenvalue weighted by atomic mass is 32.2. The van der Waals surface area contributed by atoms with E-state index in [2.05, 4.69) is 30.8 Å². The highest BCUT2D eigenvalue weighted by Gasteiger charge is 2.13. The Hall–Kier alpha value is -2.01. The van der Waals surface area contributed by atoms with Gasteiger partial charge < -0.3 is 5.32 Å². The topological polar surface area (TPSA) is 58.2 Å². The molecule has 0 heterocycles. The van der Waals surface area contributed by atoms with Gasteiger partial charge >= 0.3 is 0 Å². The second-order valence-corrected chi connectivity index (χ2v) is 7.55. The minimum Gasteiger partial charge on any atom is -0.380 e. The molecule has 2 aromatic rings. The SMILES string of the molecule is CC(C)(C)Nc1ccc(NS(=O)(=O)c2ccccc2)cc1. The van der Waals surface area contributed by atoms with E-state index in [0.29, 0.717) is 5.69 Å². The van der Waals surface area contributed by atoms with Crippen LogP contribution in [0, 0.1) is 0 Å². The number of hydrogen-bond donors (Lipinski definition) is 2. The molecule has 21 heavy (non-hydrogen) atoms. The second kappa shape index (κ2) is 5.77. The van der Waals surface area contributed by atoms with Crippen molar-refractivity contribution >= 4 is 21.4 Å². The van der Waals surface area contributed by atoms with Crippen LogP contribution in [-0.2, 0) is 10.0 Å². The number of anilines is 2. The van der Waals surface area contributed by atoms with E-state index in [-0.39, 0.29) is 10.4 Å². The molecule has 0 bridgehead atoms. The van der Waals surface area contributed by atoms with E-state index in [1.54, 1.807) is 42.5 Å². The summed E-state index contributed by atoms with van der Waals surface area (Å²) in [5.74, 6) is 0. The Bertz CT molecular complexity index is 687. The van der Waals surface area contributed by atoms with Crippen molar-refractivity contribution < 1.29 is 8.42 Å². The van der Waals surface area contributed by atoms with E-state index >= 15 is 0 Å². The molecule has 0 aliphatic heterocycles. The smallest absolute Gasteiger partial charge is 0.261 e. The number of sulfonamides is 1. The van der Waals surface area contributed by atoms with Gasteiger partial charge in [0.25, 0.3) is 10.0 Å². The average molecular weight is 304 g/mol. The van der Waals surface area contributed by atoms with Crippen molar-refractivity contribution in [1.29, 1.82) is 0 Å². The second-order valence-electron chi connectivity index (χ2n) is 5.87. The molecule has 2 rings (SSSR count). The maximum Gasteiger partial charge on any atom is 0.261 e. The van der Waals surface area contributed by atoms with Crippen LogP contribution in [0.2, 0.25) is 0 Å². The Labute approximate surface area is 126 Å². The van der Waals surface area contributed by atoms with Crippen LogP contribution in [0.4, 0.5) is 11.4 Å². The molecule has 0 aliphatic carbocycles. The lowest BCUT2D eigenvalue weighted by Gasteiger charge is -2.22. The predicted molar refractivity (Wildman–Crippen MR) is 87.1 cm³/mol. The third-order valence-corrected chi connectivity index (χ3v) is 4.11. The van der Waals surface area contributed by atoms with Gasteiger partial charge in [-0.3, -0.25) is 4.72 Å². The molecule has 0 spiro atoms. The van der Waals surface area contributed by atoms with Crippen LogP contribution in [0.3, 0.4) is 0 Å². The monoisotopic (exact) mass is 304 g/mol. The van der Waals surface area contributed by atoms with Gasteiger partial charge in [0.2, 0.25) is 0 Å². The average Bonchev–Trinajstić information content (AvgIpc) is 2.40. The summed E-state index contributed by atoms with van der Waals surface area (Å²) in [6, 6.07) is 15.5. The van der Waals surface area contributed by atoms with E-state index in [4.69, 9.17) is 0 Å². The summed E-state index contributed by atoms with van der Waals surface area (Å²) in [7, 11) is -3.53. The molecule has 0 aromatic heterocycles. The lowest BCUT2D eigenvalue weighted by atomic mass is 10.1. The zero-order valence-electron chi connectivity index (χ0n) is 12.4. The molecule has 0 radical (unpaired) electrons. The highest BCUT2D eigenvalue weighted by molar-refractivity contribution is 7.92. The molecule has 4 nitrogen and oxygen atoms in total. The maximum atomic E-state index is 12.2. The molecule has 5 heteroatoms. The summed E-state index contributed by atoms with van der Waals surface area (Å²) < 4.78 is 26.9. The molecule has 0 saturated carbocycles. The molecular weight excluding hydrogens is 284 g/mol. The zero-order valence-corrected chi connectivity index (χ0v) is 13.2. The third-order valence-electron chi connectivity index (χ3n) is 2.71. The normalized spacial score (nSPS) is 12.0. The minimum atomic E-state index is -3.53. The van der Waals surface area contributed by atoms with Crippen LogP contribution in [0.15, 0.2) is 59.5 Å². The number of benzene rings is 2. The quantitative estimate of drug-likeness (QED) is 0.905. The Morgan fingerprint density at radius 3 is 1.86 bits per heavy atom. The zero-order chi connectivity index (χ0) is 15.5. The van der Waals surface area contributed by atoms with Crippen LogP contribution in [-0.4, -0.2) is 14.0 Å². The Morgan fingerprint density at radius 2 is 1.33 bits per heavy atom. The maximum absolute atomic E-state index is 12.2. The summed E-state index contributed by atoms with van der Waals surface area (Å²) in [6.07, 6.45) is 0. The largest absolute Gasteiger partial charge is 0.380 e. The fourth-order valence-electron chi connectivity index (χ4n) is 1.87. The van der Waals surface area contributed by atoms with Gasteiger partial charge in [0, 0.05) is 16.9 Å². The van der Waals surface area contributed by atoms with Gasteiger partial charge in [-0.15, -0.1) is 0 Å². The van der Waals surface area contributed by atoms with Gasteiger partial charge in [-0.2, -0.15) is 0 Å². The number of nitrogens with one attached hydrogen (secondary N) is 2. The molecule has 112 valence electrons. The minimum absolute atomic E-state index is 0.0366. The van der Waals surface area contributed by atoms with E-state index in [1.165, 1.54) is 0 Å². The first-order valence-electron chi connectivity index (χ1n) is 6.72. The van der Waals surface area contributed by atoms with E-state index in [1.807, 2.05) is 12.1 Å². The van der Waals surface area contributed by atoms with Crippen LogP contribution in [0.25, 0.3) is 0 Å². The van der Waals surface area contributed by atoms with Gasteiger partial charge in [0.05, 0.1) is 4.90 Å². The van der Waals surface area contributed by atoms with Crippen LogP contribution in [0.5, 0.6) is 0 Å². The lowest BCUT2D eigenvalue weighted by Crippen LogP contribution is -2.25. The number of rotatable bonds is 4. The molecular formula is C16H20N2O2S. The summed E-state index contributed by atoms with van der Waals surface area (Å²) in [5, 5.41) is 3.33. The van der Waals surface area contributed by atoms with Crippen molar-refractivity contribution in [3.05, 3.63) is 54.6 Å². The molecule has 0 atom stereocenters. The van der Waals surface area contributed by atoms with Gasteiger partial charge in [0.1, 0.15) is 0 Å². The van der Waals surface area contributed by atoms with Crippen molar-refractivity contribution in [1.82, 2.24) is 0 Å². The fraction of sp³-hybridized carbons (Fsp3) is 0.250. The van der Waals surface area contributed by atoms with Crippen molar-refractivity contribution in [2.45, 2.75) is 31.2 Å². The molecule has 0 amide bonds. The van der Waals surface area contributed by atoms with E-state index in [0.717, 1.165) is 5.69 Å². The number of hydrogen-bond acceptors (Lipinski definition) is 3. The molecule has 0 fully saturated rings. The molecule has 2 N–H and O–H groups in total. The van der Waals surface area contributed by atoms with E-state index in [9.17, 15) is 8.42 Å². The molecule has 0 aliphatic rings. The molecule has 2 aromatic carbocycles. The summed E-state index contributed by atoms with van der Waals surface area (Å²) >= 11 is 0. The van der Waals surface area contributed by atoms with Gasteiger partial charge in [0.15, 0.2) is 0 Å². The first-order valence-corrected chi connectivity index (χ1v) is 8.21. The fourth-order valence-corrected chi connectivity index (χ4v) is 2.95. The first kappa shape index (κ1) is 15.4. The Morgan fingerprint density at radius 1 is 0.810 bits per heavy atom. The predicted octanol–water partition coefficient (Wildman–Crippen LogP) is 3.70.